The lowest BCUT2D eigenvalue weighted by atomic mass is 9.82. The van der Waals surface area contributed by atoms with Crippen molar-refractivity contribution in [1.82, 2.24) is 0 Å². The van der Waals surface area contributed by atoms with Gasteiger partial charge in [-0.1, -0.05) is 44.0 Å². The van der Waals surface area contributed by atoms with Crippen molar-refractivity contribution in [3.8, 4) is 0 Å². The van der Waals surface area contributed by atoms with Gasteiger partial charge in [0.1, 0.15) is 0 Å². The van der Waals surface area contributed by atoms with E-state index in [4.69, 9.17) is 23.2 Å². The molecule has 0 aliphatic carbocycles. The number of benzene rings is 1. The third kappa shape index (κ3) is 2.96. The Kier molecular flexibility index (Phi) is 3.80. The van der Waals surface area contributed by atoms with E-state index in [1.807, 2.05) is 20.8 Å². The number of carbonyl (C=O) groups is 1. The van der Waals surface area contributed by atoms with Gasteiger partial charge < -0.3 is 0 Å². The second-order valence-corrected chi connectivity index (χ2v) is 5.10. The summed E-state index contributed by atoms with van der Waals surface area (Å²) >= 11 is 11.7. The van der Waals surface area contributed by atoms with E-state index in [1.165, 1.54) is 0 Å². The van der Waals surface area contributed by atoms with E-state index < -0.39 is 0 Å². The van der Waals surface area contributed by atoms with Gasteiger partial charge in [-0.05, 0) is 24.6 Å². The Labute approximate surface area is 100 Å². The molecule has 0 radical (unpaired) electrons. The standard InChI is InChI=1S/C12H14Cl2O/c1-4-12(2,3)11(15)8-5-9(13)7-10(14)6-8/h5-7H,4H2,1-3H3. The fourth-order valence-corrected chi connectivity index (χ4v) is 1.76. The summed E-state index contributed by atoms with van der Waals surface area (Å²) in [6.07, 6.45) is 0.788. The largest absolute Gasteiger partial charge is 0.294 e. The van der Waals surface area contributed by atoms with E-state index in [1.54, 1.807) is 18.2 Å². The summed E-state index contributed by atoms with van der Waals surface area (Å²) in [7, 11) is 0. The molecule has 0 saturated carbocycles. The molecule has 0 aliphatic rings. The second-order valence-electron chi connectivity index (χ2n) is 4.22. The molecular weight excluding hydrogens is 231 g/mol. The van der Waals surface area contributed by atoms with Gasteiger partial charge in [0.25, 0.3) is 0 Å². The first-order valence-electron chi connectivity index (χ1n) is 4.87. The normalized spacial score (nSPS) is 11.5. The summed E-state index contributed by atoms with van der Waals surface area (Å²) in [6, 6.07) is 4.94. The number of rotatable bonds is 3. The number of hydrogen-bond donors (Lipinski definition) is 0. The Morgan fingerprint density at radius 1 is 1.20 bits per heavy atom. The van der Waals surface area contributed by atoms with E-state index in [9.17, 15) is 4.79 Å². The highest BCUT2D eigenvalue weighted by Gasteiger charge is 2.26. The van der Waals surface area contributed by atoms with Gasteiger partial charge in [-0.15, -0.1) is 0 Å². The van der Waals surface area contributed by atoms with Gasteiger partial charge in [0.15, 0.2) is 5.78 Å². The molecule has 0 aromatic heterocycles. The molecule has 0 spiro atoms. The summed E-state index contributed by atoms with van der Waals surface area (Å²) < 4.78 is 0. The molecule has 0 amide bonds. The first kappa shape index (κ1) is 12.5. The third-order valence-corrected chi connectivity index (χ3v) is 3.06. The highest BCUT2D eigenvalue weighted by atomic mass is 35.5. The molecule has 1 aromatic carbocycles. The lowest BCUT2D eigenvalue weighted by molar-refractivity contribution is 0.0833. The van der Waals surface area contributed by atoms with Gasteiger partial charge >= 0.3 is 0 Å². The molecule has 0 saturated heterocycles. The van der Waals surface area contributed by atoms with E-state index in [0.29, 0.717) is 15.6 Å². The van der Waals surface area contributed by atoms with Crippen molar-refractivity contribution < 1.29 is 4.79 Å². The number of ketones is 1. The average molecular weight is 245 g/mol. The number of halogens is 2. The van der Waals surface area contributed by atoms with Crippen LogP contribution >= 0.6 is 23.2 Å². The zero-order chi connectivity index (χ0) is 11.6. The van der Waals surface area contributed by atoms with Crippen LogP contribution in [0.3, 0.4) is 0 Å². The SMILES string of the molecule is CCC(C)(C)C(=O)c1cc(Cl)cc(Cl)c1. The van der Waals surface area contributed by atoms with Crippen molar-refractivity contribution in [2.45, 2.75) is 27.2 Å². The lowest BCUT2D eigenvalue weighted by Crippen LogP contribution is -2.23. The minimum Gasteiger partial charge on any atom is -0.294 e. The fraction of sp³-hybridized carbons (Fsp3) is 0.417. The first-order valence-corrected chi connectivity index (χ1v) is 5.63. The van der Waals surface area contributed by atoms with Crippen molar-refractivity contribution in [3.63, 3.8) is 0 Å². The molecule has 15 heavy (non-hydrogen) atoms. The van der Waals surface area contributed by atoms with Crippen molar-refractivity contribution in [2.75, 3.05) is 0 Å². The molecule has 0 bridgehead atoms. The van der Waals surface area contributed by atoms with Crippen LogP contribution in [0.15, 0.2) is 18.2 Å². The summed E-state index contributed by atoms with van der Waals surface area (Å²) in [6.45, 7) is 5.83. The smallest absolute Gasteiger partial charge is 0.168 e. The van der Waals surface area contributed by atoms with Gasteiger partial charge in [-0.3, -0.25) is 4.79 Å². The van der Waals surface area contributed by atoms with Crippen LogP contribution in [0.4, 0.5) is 0 Å². The maximum atomic E-state index is 12.1. The molecule has 0 fully saturated rings. The van der Waals surface area contributed by atoms with E-state index >= 15 is 0 Å². The van der Waals surface area contributed by atoms with Crippen molar-refractivity contribution >= 4 is 29.0 Å². The number of Topliss-reactive ketones (excluding diaryl/α,β-unsaturated/α-hetero) is 1. The molecule has 0 atom stereocenters. The Morgan fingerprint density at radius 2 is 1.67 bits per heavy atom. The number of hydrogen-bond acceptors (Lipinski definition) is 1. The van der Waals surface area contributed by atoms with E-state index in [0.717, 1.165) is 6.42 Å². The molecule has 0 aliphatic heterocycles. The van der Waals surface area contributed by atoms with Crippen molar-refractivity contribution in [2.24, 2.45) is 5.41 Å². The molecule has 0 unspecified atom stereocenters. The molecule has 1 nitrogen and oxygen atoms in total. The van der Waals surface area contributed by atoms with Crippen LogP contribution in [0.5, 0.6) is 0 Å². The maximum Gasteiger partial charge on any atom is 0.168 e. The van der Waals surface area contributed by atoms with Gasteiger partial charge in [0.2, 0.25) is 0 Å². The summed E-state index contributed by atoms with van der Waals surface area (Å²) in [5, 5.41) is 0.996. The fourth-order valence-electron chi connectivity index (χ4n) is 1.24. The predicted octanol–water partition coefficient (Wildman–Crippen LogP) is 4.61. The minimum atomic E-state index is -0.367. The van der Waals surface area contributed by atoms with Crippen LogP contribution in [0.1, 0.15) is 37.6 Å². The van der Waals surface area contributed by atoms with Crippen LogP contribution in [-0.2, 0) is 0 Å². The van der Waals surface area contributed by atoms with E-state index in [2.05, 4.69) is 0 Å². The van der Waals surface area contributed by atoms with E-state index in [-0.39, 0.29) is 11.2 Å². The zero-order valence-corrected chi connectivity index (χ0v) is 10.6. The van der Waals surface area contributed by atoms with Crippen LogP contribution in [0.25, 0.3) is 0 Å². The van der Waals surface area contributed by atoms with Gasteiger partial charge in [-0.2, -0.15) is 0 Å². The van der Waals surface area contributed by atoms with Gasteiger partial charge in [-0.25, -0.2) is 0 Å². The third-order valence-electron chi connectivity index (χ3n) is 2.62. The van der Waals surface area contributed by atoms with Crippen molar-refractivity contribution in [1.29, 1.82) is 0 Å². The summed E-state index contributed by atoms with van der Waals surface area (Å²) in [4.78, 5) is 12.1. The molecule has 1 aromatic rings. The predicted molar refractivity (Wildman–Crippen MR) is 64.9 cm³/mol. The summed E-state index contributed by atoms with van der Waals surface area (Å²) in [5.41, 5.74) is 0.216. The highest BCUT2D eigenvalue weighted by molar-refractivity contribution is 6.35. The monoisotopic (exact) mass is 244 g/mol. The molecule has 0 N–H and O–H groups in total. The molecular formula is C12H14Cl2O. The molecule has 3 heteroatoms. The zero-order valence-electron chi connectivity index (χ0n) is 9.10. The summed E-state index contributed by atoms with van der Waals surface area (Å²) in [5.74, 6) is 0.0781. The van der Waals surface area contributed by atoms with Crippen LogP contribution in [0.2, 0.25) is 10.0 Å². The minimum absolute atomic E-state index is 0.0781. The Balaban J connectivity index is 3.12. The molecule has 0 heterocycles. The Hall–Kier alpha value is -0.530. The average Bonchev–Trinajstić information content (AvgIpc) is 2.15. The van der Waals surface area contributed by atoms with Crippen LogP contribution in [-0.4, -0.2) is 5.78 Å². The van der Waals surface area contributed by atoms with Crippen LogP contribution in [0, 0.1) is 5.41 Å². The van der Waals surface area contributed by atoms with Crippen molar-refractivity contribution in [3.05, 3.63) is 33.8 Å². The highest BCUT2D eigenvalue weighted by Crippen LogP contribution is 2.28. The van der Waals surface area contributed by atoms with Gasteiger partial charge in [0, 0.05) is 21.0 Å². The molecule has 82 valence electrons. The number of carbonyl (C=O) groups excluding carboxylic acids is 1. The van der Waals surface area contributed by atoms with Gasteiger partial charge in [0.05, 0.1) is 0 Å². The first-order chi connectivity index (χ1) is 6.86. The lowest BCUT2D eigenvalue weighted by Gasteiger charge is -2.21. The van der Waals surface area contributed by atoms with Crippen LogP contribution < -0.4 is 0 Å². The molecule has 1 rings (SSSR count). The maximum absolute atomic E-state index is 12.1. The Morgan fingerprint density at radius 3 is 2.07 bits per heavy atom. The Bertz CT molecular complexity index is 363. The quantitative estimate of drug-likeness (QED) is 0.710. The topological polar surface area (TPSA) is 17.1 Å². The second kappa shape index (κ2) is 4.54.